The van der Waals surface area contributed by atoms with E-state index in [0.29, 0.717) is 5.56 Å². The van der Waals surface area contributed by atoms with Crippen LogP contribution in [0.3, 0.4) is 0 Å². The van der Waals surface area contributed by atoms with Crippen LogP contribution in [0.15, 0.2) is 36.4 Å². The highest BCUT2D eigenvalue weighted by molar-refractivity contribution is 6.31. The third-order valence-corrected chi connectivity index (χ3v) is 3.44. The quantitative estimate of drug-likeness (QED) is 0.478. The average molecular weight is 365 g/mol. The molecule has 0 aliphatic carbocycles. The van der Waals surface area contributed by atoms with E-state index in [9.17, 15) is 24.8 Å². The Morgan fingerprint density at radius 1 is 1.28 bits per heavy atom. The molecule has 0 spiro atoms. The van der Waals surface area contributed by atoms with E-state index in [2.05, 4.69) is 5.32 Å². The van der Waals surface area contributed by atoms with Gasteiger partial charge < -0.3 is 15.2 Å². The predicted molar refractivity (Wildman–Crippen MR) is 89.9 cm³/mol. The summed E-state index contributed by atoms with van der Waals surface area (Å²) >= 11 is 5.68. The minimum atomic E-state index is -0.809. The van der Waals surface area contributed by atoms with Crippen LogP contribution in [0.4, 0.5) is 11.4 Å². The summed E-state index contributed by atoms with van der Waals surface area (Å²) in [5.41, 5.74) is 0.219. The molecule has 0 fully saturated rings. The van der Waals surface area contributed by atoms with Gasteiger partial charge in [-0.15, -0.1) is 0 Å². The molecule has 0 aromatic heterocycles. The monoisotopic (exact) mass is 364 g/mol. The van der Waals surface area contributed by atoms with Gasteiger partial charge in [0.05, 0.1) is 10.5 Å². The number of nitro benzene ring substituents is 1. The van der Waals surface area contributed by atoms with Gasteiger partial charge in [0.1, 0.15) is 11.4 Å². The topological polar surface area (TPSA) is 119 Å². The Hall–Kier alpha value is -3.13. The molecular weight excluding hydrogens is 352 g/mol. The molecule has 2 aromatic rings. The van der Waals surface area contributed by atoms with E-state index in [0.717, 1.165) is 6.07 Å². The van der Waals surface area contributed by atoms with Crippen molar-refractivity contribution in [2.75, 3.05) is 11.9 Å². The third-order valence-electron chi connectivity index (χ3n) is 3.21. The number of carbonyl (C=O) groups excluding carboxylic acids is 2. The Morgan fingerprint density at radius 2 is 2.00 bits per heavy atom. The van der Waals surface area contributed by atoms with Crippen molar-refractivity contribution in [1.29, 1.82) is 0 Å². The van der Waals surface area contributed by atoms with E-state index in [-0.39, 0.29) is 27.7 Å². The van der Waals surface area contributed by atoms with Crippen LogP contribution in [-0.4, -0.2) is 28.5 Å². The fourth-order valence-electron chi connectivity index (χ4n) is 1.90. The summed E-state index contributed by atoms with van der Waals surface area (Å²) in [7, 11) is 0. The molecule has 0 radical (unpaired) electrons. The fourth-order valence-corrected chi connectivity index (χ4v) is 2.06. The summed E-state index contributed by atoms with van der Waals surface area (Å²) in [6.07, 6.45) is 0. The standard InChI is InChI=1S/C16H13ClN2O6/c1-9-2-3-10(6-14(9)20)16(22)25-8-15(21)18-12-5-4-11(17)7-13(12)19(23)24/h2-7,20H,8H2,1H3,(H,18,21). The molecule has 25 heavy (non-hydrogen) atoms. The number of rotatable bonds is 5. The molecule has 2 rings (SSSR count). The predicted octanol–water partition coefficient (Wildman–Crippen LogP) is 3.06. The number of aryl methyl sites for hydroxylation is 1. The van der Waals surface area contributed by atoms with Gasteiger partial charge >= 0.3 is 5.97 Å². The van der Waals surface area contributed by atoms with Crippen LogP contribution in [0.1, 0.15) is 15.9 Å². The third kappa shape index (κ3) is 4.67. The van der Waals surface area contributed by atoms with Crippen LogP contribution in [-0.2, 0) is 9.53 Å². The van der Waals surface area contributed by atoms with Crippen molar-refractivity contribution in [1.82, 2.24) is 0 Å². The Bertz CT molecular complexity index is 853. The first kappa shape index (κ1) is 18.2. The number of phenols is 1. The molecule has 0 heterocycles. The maximum Gasteiger partial charge on any atom is 0.338 e. The summed E-state index contributed by atoms with van der Waals surface area (Å²) in [5.74, 6) is -1.64. The number of carbonyl (C=O) groups is 2. The molecule has 8 nitrogen and oxygen atoms in total. The molecular formula is C16H13ClN2O6. The second-order valence-electron chi connectivity index (χ2n) is 5.04. The van der Waals surface area contributed by atoms with Crippen molar-refractivity contribution >= 4 is 34.9 Å². The summed E-state index contributed by atoms with van der Waals surface area (Å²) in [6, 6.07) is 7.95. The van der Waals surface area contributed by atoms with Crippen molar-refractivity contribution in [3.8, 4) is 5.75 Å². The number of nitrogens with one attached hydrogen (secondary N) is 1. The first-order chi connectivity index (χ1) is 11.8. The molecule has 9 heteroatoms. The molecule has 0 atom stereocenters. The highest BCUT2D eigenvalue weighted by Gasteiger charge is 2.18. The second-order valence-corrected chi connectivity index (χ2v) is 5.48. The molecule has 0 saturated heterocycles. The van der Waals surface area contributed by atoms with Crippen molar-refractivity contribution < 1.29 is 24.4 Å². The lowest BCUT2D eigenvalue weighted by Crippen LogP contribution is -2.21. The SMILES string of the molecule is Cc1ccc(C(=O)OCC(=O)Nc2ccc(Cl)cc2[N+](=O)[O-])cc1O. The lowest BCUT2D eigenvalue weighted by Gasteiger charge is -2.08. The Balaban J connectivity index is 2.00. The normalized spacial score (nSPS) is 10.2. The number of anilines is 1. The zero-order valence-corrected chi connectivity index (χ0v) is 13.7. The van der Waals surface area contributed by atoms with E-state index in [1.165, 1.54) is 30.3 Å². The molecule has 0 bridgehead atoms. The smallest absolute Gasteiger partial charge is 0.338 e. The Labute approximate surface area is 147 Å². The minimum Gasteiger partial charge on any atom is -0.508 e. The second kappa shape index (κ2) is 7.63. The maximum atomic E-state index is 11.8. The number of halogens is 1. The van der Waals surface area contributed by atoms with Crippen LogP contribution in [0, 0.1) is 17.0 Å². The fraction of sp³-hybridized carbons (Fsp3) is 0.125. The number of esters is 1. The molecule has 0 aliphatic heterocycles. The van der Waals surface area contributed by atoms with E-state index in [1.54, 1.807) is 6.92 Å². The van der Waals surface area contributed by atoms with Gasteiger partial charge in [-0.3, -0.25) is 14.9 Å². The molecule has 1 amide bonds. The van der Waals surface area contributed by atoms with E-state index < -0.39 is 23.4 Å². The molecule has 0 aliphatic rings. The van der Waals surface area contributed by atoms with Gasteiger partial charge in [-0.2, -0.15) is 0 Å². The van der Waals surface area contributed by atoms with E-state index >= 15 is 0 Å². The van der Waals surface area contributed by atoms with Gasteiger partial charge in [0.2, 0.25) is 0 Å². The molecule has 130 valence electrons. The minimum absolute atomic E-state index is 0.0663. The number of hydrogen-bond acceptors (Lipinski definition) is 6. The summed E-state index contributed by atoms with van der Waals surface area (Å²) in [5, 5.41) is 22.9. The van der Waals surface area contributed by atoms with Crippen molar-refractivity contribution in [3.05, 3.63) is 62.7 Å². The van der Waals surface area contributed by atoms with Crippen LogP contribution in [0.25, 0.3) is 0 Å². The van der Waals surface area contributed by atoms with Crippen LogP contribution < -0.4 is 5.32 Å². The highest BCUT2D eigenvalue weighted by atomic mass is 35.5. The van der Waals surface area contributed by atoms with Crippen LogP contribution >= 0.6 is 11.6 Å². The van der Waals surface area contributed by atoms with Crippen molar-refractivity contribution in [2.45, 2.75) is 6.92 Å². The van der Waals surface area contributed by atoms with Gasteiger partial charge in [-0.1, -0.05) is 17.7 Å². The number of amides is 1. The summed E-state index contributed by atoms with van der Waals surface area (Å²) < 4.78 is 4.82. The van der Waals surface area contributed by atoms with Gasteiger partial charge in [-0.05, 0) is 36.8 Å². The number of ether oxygens (including phenoxy) is 1. The largest absolute Gasteiger partial charge is 0.508 e. The number of aromatic hydroxyl groups is 1. The zero-order valence-electron chi connectivity index (χ0n) is 13.0. The average Bonchev–Trinajstić information content (AvgIpc) is 2.56. The lowest BCUT2D eigenvalue weighted by atomic mass is 10.1. The zero-order chi connectivity index (χ0) is 18.6. The number of hydrogen-bond donors (Lipinski definition) is 2. The van der Waals surface area contributed by atoms with Crippen LogP contribution in [0.2, 0.25) is 5.02 Å². The van der Waals surface area contributed by atoms with Gasteiger partial charge in [0.15, 0.2) is 6.61 Å². The first-order valence-electron chi connectivity index (χ1n) is 6.98. The Morgan fingerprint density at radius 3 is 2.64 bits per heavy atom. The number of benzene rings is 2. The highest BCUT2D eigenvalue weighted by Crippen LogP contribution is 2.27. The number of phenolic OH excluding ortho intramolecular Hbond substituents is 1. The van der Waals surface area contributed by atoms with Crippen molar-refractivity contribution in [3.63, 3.8) is 0 Å². The van der Waals surface area contributed by atoms with E-state index in [4.69, 9.17) is 16.3 Å². The maximum absolute atomic E-state index is 11.8. The lowest BCUT2D eigenvalue weighted by molar-refractivity contribution is -0.383. The van der Waals surface area contributed by atoms with Crippen molar-refractivity contribution in [2.24, 2.45) is 0 Å². The number of nitrogens with zero attached hydrogens (tertiary/aromatic N) is 1. The van der Waals surface area contributed by atoms with Gasteiger partial charge in [0.25, 0.3) is 11.6 Å². The first-order valence-corrected chi connectivity index (χ1v) is 7.36. The molecule has 0 unspecified atom stereocenters. The summed E-state index contributed by atoms with van der Waals surface area (Å²) in [6.45, 7) is 1.02. The molecule has 0 saturated carbocycles. The summed E-state index contributed by atoms with van der Waals surface area (Å²) in [4.78, 5) is 33.9. The number of nitro groups is 1. The Kier molecular flexibility index (Phi) is 5.56. The van der Waals surface area contributed by atoms with Gasteiger partial charge in [-0.25, -0.2) is 4.79 Å². The molecule has 2 aromatic carbocycles. The van der Waals surface area contributed by atoms with E-state index in [1.807, 2.05) is 0 Å². The van der Waals surface area contributed by atoms with Gasteiger partial charge in [0, 0.05) is 11.1 Å². The molecule has 2 N–H and O–H groups in total. The van der Waals surface area contributed by atoms with Crippen LogP contribution in [0.5, 0.6) is 5.75 Å².